The second kappa shape index (κ2) is 5.95. The Balaban J connectivity index is 2.07. The Kier molecular flexibility index (Phi) is 4.47. The van der Waals surface area contributed by atoms with Crippen LogP contribution in [0.15, 0.2) is 12.3 Å². The average molecular weight is 300 g/mol. The molecule has 0 aromatic carbocycles. The van der Waals surface area contributed by atoms with Gasteiger partial charge in [0.2, 0.25) is 0 Å². The second-order valence-electron chi connectivity index (χ2n) is 5.37. The van der Waals surface area contributed by atoms with E-state index in [1.54, 1.807) is 12.3 Å². The average Bonchev–Trinajstić information content (AvgIpc) is 2.86. The molecule has 1 aliphatic rings. The summed E-state index contributed by atoms with van der Waals surface area (Å²) in [5, 5.41) is 11.7. The molecule has 20 heavy (non-hydrogen) atoms. The number of carboxylic acids is 1. The van der Waals surface area contributed by atoms with Gasteiger partial charge in [0.15, 0.2) is 15.1 Å². The van der Waals surface area contributed by atoms with Gasteiger partial charge in [-0.3, -0.25) is 9.48 Å². The molecule has 0 amide bonds. The first-order chi connectivity index (χ1) is 9.40. The number of hydrogen-bond acceptors (Lipinski definition) is 4. The largest absolute Gasteiger partial charge is 0.480 e. The summed E-state index contributed by atoms with van der Waals surface area (Å²) < 4.78 is 25.6. The number of carbonyl (C=O) groups is 1. The van der Waals surface area contributed by atoms with Crippen molar-refractivity contribution in [2.75, 3.05) is 0 Å². The molecule has 1 unspecified atom stereocenters. The van der Waals surface area contributed by atoms with Crippen molar-refractivity contribution >= 4 is 15.8 Å². The molecule has 0 saturated heterocycles. The Bertz CT molecular complexity index is 573. The predicted molar refractivity (Wildman–Crippen MR) is 74.1 cm³/mol. The summed E-state index contributed by atoms with van der Waals surface area (Å²) >= 11 is 0. The van der Waals surface area contributed by atoms with Crippen LogP contribution >= 0.6 is 0 Å². The van der Waals surface area contributed by atoms with Crippen molar-refractivity contribution in [2.24, 2.45) is 0 Å². The molecule has 1 heterocycles. The van der Waals surface area contributed by atoms with E-state index in [1.165, 1.54) is 26.2 Å². The standard InChI is InChI=1S/C13H20N2O4S/c1-10(13(16)17)20(18,19)9-11-7-8-15(14-11)12-5-3-2-4-6-12/h7-8,10,12H,2-6,9H2,1H3,(H,16,17). The van der Waals surface area contributed by atoms with Crippen LogP contribution in [0.25, 0.3) is 0 Å². The van der Waals surface area contributed by atoms with E-state index in [4.69, 9.17) is 5.11 Å². The predicted octanol–water partition coefficient (Wildman–Crippen LogP) is 1.78. The van der Waals surface area contributed by atoms with E-state index in [9.17, 15) is 13.2 Å². The zero-order valence-electron chi connectivity index (χ0n) is 11.5. The van der Waals surface area contributed by atoms with E-state index in [0.29, 0.717) is 11.7 Å². The van der Waals surface area contributed by atoms with Crippen LogP contribution in [0.4, 0.5) is 0 Å². The highest BCUT2D eigenvalue weighted by Gasteiger charge is 2.28. The van der Waals surface area contributed by atoms with E-state index < -0.39 is 21.1 Å². The molecule has 0 radical (unpaired) electrons. The van der Waals surface area contributed by atoms with Gasteiger partial charge in [-0.2, -0.15) is 5.10 Å². The number of hydrogen-bond donors (Lipinski definition) is 1. The smallest absolute Gasteiger partial charge is 0.321 e. The maximum atomic E-state index is 11.9. The van der Waals surface area contributed by atoms with Crippen LogP contribution in [0, 0.1) is 0 Å². The number of aliphatic carboxylic acids is 1. The fourth-order valence-electron chi connectivity index (χ4n) is 2.49. The van der Waals surface area contributed by atoms with Crippen LogP contribution in [0.3, 0.4) is 0 Å². The SMILES string of the molecule is CC(C(=O)O)S(=O)(=O)Cc1ccn(C2CCCCC2)n1. The minimum atomic E-state index is -3.71. The number of aromatic nitrogens is 2. The molecule has 1 aromatic heterocycles. The fourth-order valence-corrected chi connectivity index (χ4v) is 3.61. The van der Waals surface area contributed by atoms with Gasteiger partial charge in [0, 0.05) is 6.20 Å². The van der Waals surface area contributed by atoms with Crippen molar-refractivity contribution in [3.05, 3.63) is 18.0 Å². The van der Waals surface area contributed by atoms with Gasteiger partial charge >= 0.3 is 5.97 Å². The van der Waals surface area contributed by atoms with Crippen molar-refractivity contribution < 1.29 is 18.3 Å². The molecule has 2 rings (SSSR count). The van der Waals surface area contributed by atoms with Crippen LogP contribution in [0.5, 0.6) is 0 Å². The summed E-state index contributed by atoms with van der Waals surface area (Å²) in [5.41, 5.74) is 0.420. The third-order valence-corrected chi connectivity index (χ3v) is 5.83. The van der Waals surface area contributed by atoms with Crippen LogP contribution < -0.4 is 0 Å². The summed E-state index contributed by atoms with van der Waals surface area (Å²) in [6, 6.07) is 2.01. The summed E-state index contributed by atoms with van der Waals surface area (Å²) in [7, 11) is -3.71. The monoisotopic (exact) mass is 300 g/mol. The van der Waals surface area contributed by atoms with E-state index >= 15 is 0 Å². The van der Waals surface area contributed by atoms with Gasteiger partial charge in [0.1, 0.15) is 0 Å². The van der Waals surface area contributed by atoms with Crippen LogP contribution in [0.1, 0.15) is 50.8 Å². The zero-order valence-corrected chi connectivity index (χ0v) is 12.3. The molecule has 0 bridgehead atoms. The highest BCUT2D eigenvalue weighted by atomic mass is 32.2. The molecule has 7 heteroatoms. The summed E-state index contributed by atoms with van der Waals surface area (Å²) in [4.78, 5) is 10.8. The first-order valence-electron chi connectivity index (χ1n) is 6.88. The van der Waals surface area contributed by atoms with Crippen molar-refractivity contribution in [1.82, 2.24) is 9.78 Å². The van der Waals surface area contributed by atoms with Crippen molar-refractivity contribution in [1.29, 1.82) is 0 Å². The Morgan fingerprint density at radius 3 is 2.70 bits per heavy atom. The molecule has 1 aromatic rings. The number of nitrogens with zero attached hydrogens (tertiary/aromatic N) is 2. The third kappa shape index (κ3) is 3.39. The van der Waals surface area contributed by atoms with Crippen molar-refractivity contribution in [2.45, 2.75) is 56.1 Å². The lowest BCUT2D eigenvalue weighted by Crippen LogP contribution is -2.28. The van der Waals surface area contributed by atoms with E-state index in [-0.39, 0.29) is 5.75 Å². The van der Waals surface area contributed by atoms with Crippen LogP contribution in [0.2, 0.25) is 0 Å². The van der Waals surface area contributed by atoms with E-state index in [1.807, 2.05) is 4.68 Å². The van der Waals surface area contributed by atoms with Crippen molar-refractivity contribution in [3.63, 3.8) is 0 Å². The van der Waals surface area contributed by atoms with E-state index in [2.05, 4.69) is 5.10 Å². The highest BCUT2D eigenvalue weighted by Crippen LogP contribution is 2.27. The molecule has 1 aliphatic carbocycles. The summed E-state index contributed by atoms with van der Waals surface area (Å²) in [6.07, 6.45) is 7.53. The Hall–Kier alpha value is -1.37. The van der Waals surface area contributed by atoms with Crippen LogP contribution in [-0.2, 0) is 20.4 Å². The lowest BCUT2D eigenvalue weighted by Gasteiger charge is -2.21. The van der Waals surface area contributed by atoms with Crippen LogP contribution in [-0.4, -0.2) is 34.5 Å². The molecule has 0 aliphatic heterocycles. The van der Waals surface area contributed by atoms with Crippen molar-refractivity contribution in [3.8, 4) is 0 Å². The Labute approximate surface area is 118 Å². The summed E-state index contributed by atoms with van der Waals surface area (Å²) in [5.74, 6) is -1.64. The molecule has 1 N–H and O–H groups in total. The quantitative estimate of drug-likeness (QED) is 0.895. The maximum absolute atomic E-state index is 11.9. The minimum Gasteiger partial charge on any atom is -0.480 e. The first-order valence-corrected chi connectivity index (χ1v) is 8.60. The van der Waals surface area contributed by atoms with Gasteiger partial charge in [-0.05, 0) is 25.8 Å². The van der Waals surface area contributed by atoms with Gasteiger partial charge in [-0.15, -0.1) is 0 Å². The first kappa shape index (κ1) is 15.0. The molecule has 112 valence electrons. The normalized spacial score (nSPS) is 18.9. The molecular weight excluding hydrogens is 280 g/mol. The highest BCUT2D eigenvalue weighted by molar-refractivity contribution is 7.91. The van der Waals surface area contributed by atoms with Gasteiger partial charge in [-0.1, -0.05) is 19.3 Å². The van der Waals surface area contributed by atoms with E-state index in [0.717, 1.165) is 12.8 Å². The Morgan fingerprint density at radius 1 is 1.45 bits per heavy atom. The molecular formula is C13H20N2O4S. The second-order valence-corrected chi connectivity index (χ2v) is 7.69. The zero-order chi connectivity index (χ0) is 14.8. The molecule has 1 atom stereocenters. The topological polar surface area (TPSA) is 89.3 Å². The summed E-state index contributed by atoms with van der Waals surface area (Å²) in [6.45, 7) is 1.19. The number of sulfone groups is 1. The lowest BCUT2D eigenvalue weighted by atomic mass is 9.96. The molecule has 1 saturated carbocycles. The van der Waals surface area contributed by atoms with Gasteiger partial charge in [0.25, 0.3) is 0 Å². The van der Waals surface area contributed by atoms with Gasteiger partial charge in [-0.25, -0.2) is 8.42 Å². The number of rotatable bonds is 5. The lowest BCUT2D eigenvalue weighted by molar-refractivity contribution is -0.136. The van der Waals surface area contributed by atoms with Gasteiger partial charge < -0.3 is 5.11 Å². The molecule has 0 spiro atoms. The van der Waals surface area contributed by atoms with Gasteiger partial charge in [0.05, 0.1) is 17.5 Å². The molecule has 1 fully saturated rings. The number of carboxylic acid groups (broad SMARTS) is 1. The minimum absolute atomic E-state index is 0.319. The fraction of sp³-hybridized carbons (Fsp3) is 0.692. The molecule has 6 nitrogen and oxygen atoms in total. The third-order valence-electron chi connectivity index (χ3n) is 3.85. The maximum Gasteiger partial charge on any atom is 0.321 e. The Morgan fingerprint density at radius 2 is 2.10 bits per heavy atom.